The molecule has 1 heterocycles. The second kappa shape index (κ2) is 5.50. The fourth-order valence-corrected chi connectivity index (χ4v) is 1.93. The molecule has 1 amide bonds. The highest BCUT2D eigenvalue weighted by Crippen LogP contribution is 2.15. The molecule has 0 spiro atoms. The molecule has 18 heavy (non-hydrogen) atoms. The number of carbonyl (C=O) groups excluding carboxylic acids is 1. The first-order chi connectivity index (χ1) is 8.59. The van der Waals surface area contributed by atoms with E-state index in [1.807, 2.05) is 44.2 Å². The maximum absolute atomic E-state index is 11.8. The summed E-state index contributed by atoms with van der Waals surface area (Å²) in [5.74, 6) is -0.0699. The van der Waals surface area contributed by atoms with Crippen molar-refractivity contribution in [2.24, 2.45) is 0 Å². The monoisotopic (exact) mass is 248 g/mol. The van der Waals surface area contributed by atoms with Crippen LogP contribution >= 0.6 is 0 Å². The number of amides is 1. The van der Waals surface area contributed by atoms with E-state index in [0.717, 1.165) is 18.7 Å². The van der Waals surface area contributed by atoms with Gasteiger partial charge in [0.2, 0.25) is 5.91 Å². The fourth-order valence-electron chi connectivity index (χ4n) is 1.93. The molecule has 1 saturated heterocycles. The third-order valence-electron chi connectivity index (χ3n) is 3.23. The quantitative estimate of drug-likeness (QED) is 0.824. The van der Waals surface area contributed by atoms with Crippen molar-refractivity contribution in [1.82, 2.24) is 10.6 Å². The largest absolute Gasteiger partial charge is 0.363 e. The van der Waals surface area contributed by atoms with E-state index >= 15 is 0 Å². The van der Waals surface area contributed by atoms with Crippen LogP contribution in [0, 0.1) is 0 Å². The molecule has 98 valence electrons. The van der Waals surface area contributed by atoms with Crippen LogP contribution in [0.25, 0.3) is 0 Å². The molecule has 1 unspecified atom stereocenters. The Balaban J connectivity index is 1.77. The predicted molar refractivity (Wildman–Crippen MR) is 70.2 cm³/mol. The van der Waals surface area contributed by atoms with Crippen LogP contribution in [0.2, 0.25) is 0 Å². The van der Waals surface area contributed by atoms with Gasteiger partial charge in [0.05, 0.1) is 11.6 Å². The first-order valence-electron chi connectivity index (χ1n) is 6.28. The Labute approximate surface area is 108 Å². The smallest absolute Gasteiger partial charge is 0.246 e. The van der Waals surface area contributed by atoms with Gasteiger partial charge in [-0.3, -0.25) is 4.79 Å². The molecular formula is C14H20N2O2. The van der Waals surface area contributed by atoms with Gasteiger partial charge in [-0.15, -0.1) is 0 Å². The zero-order valence-electron chi connectivity index (χ0n) is 10.9. The number of ether oxygens (including phenoxy) is 1. The second-order valence-electron chi connectivity index (χ2n) is 5.04. The van der Waals surface area contributed by atoms with Crippen molar-refractivity contribution >= 4 is 5.91 Å². The molecule has 2 N–H and O–H groups in total. The third kappa shape index (κ3) is 3.31. The van der Waals surface area contributed by atoms with Crippen molar-refractivity contribution in [3.8, 4) is 0 Å². The molecule has 1 aromatic rings. The normalized spacial score (nSPS) is 18.8. The summed E-state index contributed by atoms with van der Waals surface area (Å²) >= 11 is 0. The highest BCUT2D eigenvalue weighted by molar-refractivity contribution is 5.77. The van der Waals surface area contributed by atoms with Gasteiger partial charge in [0.15, 0.2) is 0 Å². The van der Waals surface area contributed by atoms with Gasteiger partial charge in [-0.25, -0.2) is 0 Å². The summed E-state index contributed by atoms with van der Waals surface area (Å²) in [5.41, 5.74) is 0.926. The Kier molecular flexibility index (Phi) is 3.99. The van der Waals surface area contributed by atoms with Gasteiger partial charge in [-0.05, 0) is 19.4 Å². The van der Waals surface area contributed by atoms with E-state index in [2.05, 4.69) is 10.6 Å². The minimum atomic E-state index is -0.173. The summed E-state index contributed by atoms with van der Waals surface area (Å²) in [7, 11) is 0. The Bertz CT molecular complexity index is 402. The Morgan fingerprint density at radius 3 is 2.67 bits per heavy atom. The number of carbonyl (C=O) groups is 1. The van der Waals surface area contributed by atoms with Crippen LogP contribution in [-0.2, 0) is 9.53 Å². The molecule has 0 aliphatic carbocycles. The Hall–Kier alpha value is -1.39. The van der Waals surface area contributed by atoms with Gasteiger partial charge in [0, 0.05) is 13.1 Å². The van der Waals surface area contributed by atoms with Crippen molar-refractivity contribution in [2.75, 3.05) is 19.7 Å². The number of rotatable bonds is 5. The minimum Gasteiger partial charge on any atom is -0.363 e. The number of nitrogens with one attached hydrogen (secondary N) is 2. The maximum atomic E-state index is 11.8. The van der Waals surface area contributed by atoms with Crippen LogP contribution in [0.3, 0.4) is 0 Å². The molecule has 1 fully saturated rings. The number of hydrogen-bond donors (Lipinski definition) is 2. The van der Waals surface area contributed by atoms with Gasteiger partial charge >= 0.3 is 0 Å². The molecule has 0 bridgehead atoms. The highest BCUT2D eigenvalue weighted by atomic mass is 16.5. The van der Waals surface area contributed by atoms with Crippen LogP contribution < -0.4 is 10.6 Å². The first kappa shape index (κ1) is 13.1. The van der Waals surface area contributed by atoms with E-state index in [-0.39, 0.29) is 24.2 Å². The second-order valence-corrected chi connectivity index (χ2v) is 5.04. The summed E-state index contributed by atoms with van der Waals surface area (Å²) in [6.45, 7) is 5.73. The molecule has 4 nitrogen and oxygen atoms in total. The lowest BCUT2D eigenvalue weighted by molar-refractivity contribution is -0.136. The molecule has 1 aliphatic heterocycles. The fraction of sp³-hybridized carbons (Fsp3) is 0.500. The van der Waals surface area contributed by atoms with Gasteiger partial charge in [0.1, 0.15) is 6.61 Å². The Morgan fingerprint density at radius 1 is 1.44 bits per heavy atom. The predicted octanol–water partition coefficient (Wildman–Crippen LogP) is 1.24. The van der Waals surface area contributed by atoms with Crippen molar-refractivity contribution < 1.29 is 9.53 Å². The standard InChI is InChI=1S/C14H20N2O2/c1-11(12-6-4-3-5-7-12)16-13(17)8-18-14(2)9-15-10-14/h3-7,11,15H,8-10H2,1-2H3,(H,16,17). The van der Waals surface area contributed by atoms with Crippen LogP contribution in [0.4, 0.5) is 0 Å². The zero-order chi connectivity index (χ0) is 13.0. The van der Waals surface area contributed by atoms with E-state index in [4.69, 9.17) is 4.74 Å². The van der Waals surface area contributed by atoms with Crippen LogP contribution in [0.5, 0.6) is 0 Å². The lowest BCUT2D eigenvalue weighted by Gasteiger charge is -2.38. The lowest BCUT2D eigenvalue weighted by atomic mass is 10.0. The molecule has 4 heteroatoms. The minimum absolute atomic E-state index is 0.00891. The number of benzene rings is 1. The molecular weight excluding hydrogens is 228 g/mol. The lowest BCUT2D eigenvalue weighted by Crippen LogP contribution is -2.59. The summed E-state index contributed by atoms with van der Waals surface area (Å²) < 4.78 is 5.59. The molecule has 0 aromatic heterocycles. The van der Waals surface area contributed by atoms with Gasteiger partial charge in [0.25, 0.3) is 0 Å². The van der Waals surface area contributed by atoms with Crippen LogP contribution in [0.1, 0.15) is 25.5 Å². The first-order valence-corrected chi connectivity index (χ1v) is 6.28. The summed E-state index contributed by atoms with van der Waals surface area (Å²) in [6.07, 6.45) is 0. The molecule has 1 atom stereocenters. The number of hydrogen-bond acceptors (Lipinski definition) is 3. The molecule has 0 radical (unpaired) electrons. The molecule has 1 aromatic carbocycles. The van der Waals surface area contributed by atoms with Crippen molar-refractivity contribution in [2.45, 2.75) is 25.5 Å². The SMILES string of the molecule is CC(NC(=O)COC1(C)CNC1)c1ccccc1. The van der Waals surface area contributed by atoms with Crippen molar-refractivity contribution in [1.29, 1.82) is 0 Å². The van der Waals surface area contributed by atoms with Gasteiger partial charge in [-0.2, -0.15) is 0 Å². The molecule has 1 aliphatic rings. The Morgan fingerprint density at radius 2 is 2.11 bits per heavy atom. The van der Waals surface area contributed by atoms with E-state index in [1.165, 1.54) is 0 Å². The average molecular weight is 248 g/mol. The highest BCUT2D eigenvalue weighted by Gasteiger charge is 2.33. The summed E-state index contributed by atoms with van der Waals surface area (Å²) in [5, 5.41) is 6.07. The summed E-state index contributed by atoms with van der Waals surface area (Å²) in [6, 6.07) is 9.91. The van der Waals surface area contributed by atoms with E-state index < -0.39 is 0 Å². The van der Waals surface area contributed by atoms with Crippen molar-refractivity contribution in [3.63, 3.8) is 0 Å². The van der Waals surface area contributed by atoms with E-state index in [9.17, 15) is 4.79 Å². The van der Waals surface area contributed by atoms with Gasteiger partial charge < -0.3 is 15.4 Å². The average Bonchev–Trinajstić information content (AvgIpc) is 2.35. The van der Waals surface area contributed by atoms with Crippen molar-refractivity contribution in [3.05, 3.63) is 35.9 Å². The third-order valence-corrected chi connectivity index (χ3v) is 3.23. The maximum Gasteiger partial charge on any atom is 0.246 e. The topological polar surface area (TPSA) is 50.4 Å². The van der Waals surface area contributed by atoms with Crippen LogP contribution in [0.15, 0.2) is 30.3 Å². The molecule has 2 rings (SSSR count). The zero-order valence-corrected chi connectivity index (χ0v) is 10.9. The van der Waals surface area contributed by atoms with Crippen LogP contribution in [-0.4, -0.2) is 31.2 Å². The van der Waals surface area contributed by atoms with Gasteiger partial charge in [-0.1, -0.05) is 30.3 Å². The van der Waals surface area contributed by atoms with E-state index in [1.54, 1.807) is 0 Å². The van der Waals surface area contributed by atoms with E-state index in [0.29, 0.717) is 0 Å². The molecule has 0 saturated carbocycles. The summed E-state index contributed by atoms with van der Waals surface area (Å²) in [4.78, 5) is 11.8.